The molecule has 2 N–H and O–H groups in total. The van der Waals surface area contributed by atoms with E-state index in [-0.39, 0.29) is 18.4 Å². The van der Waals surface area contributed by atoms with E-state index < -0.39 is 6.10 Å². The van der Waals surface area contributed by atoms with E-state index in [1.54, 1.807) is 6.08 Å². The predicted molar refractivity (Wildman–Crippen MR) is 82.0 cm³/mol. The third-order valence-electron chi connectivity index (χ3n) is 3.98. The number of aliphatic hydroxyl groups excluding tert-OH is 1. The second-order valence-corrected chi connectivity index (χ2v) is 5.41. The number of carbonyl (C=O) groups is 1. The minimum absolute atomic E-state index is 0.128. The highest BCUT2D eigenvalue weighted by Crippen LogP contribution is 2.27. The normalized spacial score (nSPS) is 16.1. The van der Waals surface area contributed by atoms with E-state index in [9.17, 15) is 9.90 Å². The van der Waals surface area contributed by atoms with Crippen LogP contribution < -0.4 is 5.32 Å². The van der Waals surface area contributed by atoms with Gasteiger partial charge in [0.2, 0.25) is 0 Å². The highest BCUT2D eigenvalue weighted by Gasteiger charge is 2.24. The fourth-order valence-corrected chi connectivity index (χ4v) is 2.80. The number of ether oxygens (including phenoxy) is 1. The first-order valence-corrected chi connectivity index (χ1v) is 7.36. The van der Waals surface area contributed by atoms with E-state index in [1.807, 2.05) is 6.07 Å². The standard InChI is InChI=1S/C17H23NO3/c1-3-9-18-15(11-16(19)21-2)17(20)14-8-7-12-5-4-6-13(12)10-14/h3,7-8,10,15,17-18,20H,1,4-6,9,11H2,2H3. The molecule has 4 nitrogen and oxygen atoms in total. The van der Waals surface area contributed by atoms with Gasteiger partial charge >= 0.3 is 5.97 Å². The third-order valence-corrected chi connectivity index (χ3v) is 3.98. The van der Waals surface area contributed by atoms with E-state index in [2.05, 4.69) is 24.0 Å². The summed E-state index contributed by atoms with van der Waals surface area (Å²) in [6.45, 7) is 4.18. The van der Waals surface area contributed by atoms with Crippen LogP contribution >= 0.6 is 0 Å². The molecule has 0 spiro atoms. The zero-order valence-corrected chi connectivity index (χ0v) is 12.5. The number of hydrogen-bond donors (Lipinski definition) is 2. The van der Waals surface area contributed by atoms with Crippen molar-refractivity contribution in [3.63, 3.8) is 0 Å². The molecule has 0 bridgehead atoms. The highest BCUT2D eigenvalue weighted by atomic mass is 16.5. The molecule has 1 aromatic carbocycles. The lowest BCUT2D eigenvalue weighted by Gasteiger charge is -2.23. The van der Waals surface area contributed by atoms with Crippen molar-refractivity contribution >= 4 is 5.97 Å². The quantitative estimate of drug-likeness (QED) is 0.595. The van der Waals surface area contributed by atoms with Gasteiger partial charge in [0.15, 0.2) is 0 Å². The molecular formula is C17H23NO3. The van der Waals surface area contributed by atoms with Gasteiger partial charge in [0.25, 0.3) is 0 Å². The van der Waals surface area contributed by atoms with Crippen LogP contribution in [-0.4, -0.2) is 30.8 Å². The van der Waals surface area contributed by atoms with Crippen LogP contribution in [0.15, 0.2) is 30.9 Å². The molecule has 2 atom stereocenters. The van der Waals surface area contributed by atoms with Crippen LogP contribution in [0.25, 0.3) is 0 Å². The average molecular weight is 289 g/mol. The van der Waals surface area contributed by atoms with Crippen LogP contribution in [-0.2, 0) is 22.4 Å². The van der Waals surface area contributed by atoms with E-state index in [4.69, 9.17) is 4.74 Å². The lowest BCUT2D eigenvalue weighted by molar-refractivity contribution is -0.142. The van der Waals surface area contributed by atoms with Crippen LogP contribution in [0.3, 0.4) is 0 Å². The number of rotatable bonds is 7. The number of aliphatic hydroxyl groups is 1. The van der Waals surface area contributed by atoms with Gasteiger partial charge in [-0.25, -0.2) is 0 Å². The minimum atomic E-state index is -0.741. The maximum atomic E-state index is 11.5. The number of esters is 1. The maximum absolute atomic E-state index is 11.5. The van der Waals surface area contributed by atoms with E-state index >= 15 is 0 Å². The average Bonchev–Trinajstić information content (AvgIpc) is 2.97. The Balaban J connectivity index is 2.13. The number of fused-ring (bicyclic) bond motifs is 1. The summed E-state index contributed by atoms with van der Waals surface area (Å²) in [5.74, 6) is -0.336. The SMILES string of the molecule is C=CCNC(CC(=O)OC)C(O)c1ccc2c(c1)CCC2. The molecule has 4 heteroatoms. The summed E-state index contributed by atoms with van der Waals surface area (Å²) in [4.78, 5) is 11.5. The van der Waals surface area contributed by atoms with Crippen molar-refractivity contribution in [1.29, 1.82) is 0 Å². The Bertz CT molecular complexity index is 513. The number of hydrogen-bond acceptors (Lipinski definition) is 4. The van der Waals surface area contributed by atoms with Crippen molar-refractivity contribution in [3.8, 4) is 0 Å². The topological polar surface area (TPSA) is 58.6 Å². The summed E-state index contributed by atoms with van der Waals surface area (Å²) in [7, 11) is 1.36. The Morgan fingerprint density at radius 2 is 2.24 bits per heavy atom. The predicted octanol–water partition coefficient (Wildman–Crippen LogP) is 1.92. The molecule has 0 saturated heterocycles. The summed E-state index contributed by atoms with van der Waals surface area (Å²) >= 11 is 0. The fraction of sp³-hybridized carbons (Fsp3) is 0.471. The molecule has 0 saturated carbocycles. The van der Waals surface area contributed by atoms with Gasteiger partial charge in [0.1, 0.15) is 0 Å². The van der Waals surface area contributed by atoms with Gasteiger partial charge in [-0.15, -0.1) is 6.58 Å². The van der Waals surface area contributed by atoms with Crippen molar-refractivity contribution in [2.75, 3.05) is 13.7 Å². The number of benzene rings is 1. The molecule has 0 aliphatic heterocycles. The number of methoxy groups -OCH3 is 1. The van der Waals surface area contributed by atoms with Crippen molar-refractivity contribution < 1.29 is 14.6 Å². The summed E-state index contributed by atoms with van der Waals surface area (Å²) in [6.07, 6.45) is 4.45. The first-order valence-electron chi connectivity index (χ1n) is 7.36. The Morgan fingerprint density at radius 3 is 2.95 bits per heavy atom. The third kappa shape index (κ3) is 3.93. The maximum Gasteiger partial charge on any atom is 0.307 e. The van der Waals surface area contributed by atoms with Gasteiger partial charge in [-0.1, -0.05) is 24.3 Å². The van der Waals surface area contributed by atoms with Crippen molar-refractivity contribution in [2.24, 2.45) is 0 Å². The molecule has 114 valence electrons. The molecule has 21 heavy (non-hydrogen) atoms. The molecule has 0 aromatic heterocycles. The van der Waals surface area contributed by atoms with E-state index in [0.29, 0.717) is 6.54 Å². The Labute approximate surface area is 125 Å². The zero-order valence-electron chi connectivity index (χ0n) is 12.5. The number of carbonyl (C=O) groups excluding carboxylic acids is 1. The van der Waals surface area contributed by atoms with Gasteiger partial charge in [-0.05, 0) is 36.0 Å². The molecule has 1 aliphatic rings. The monoisotopic (exact) mass is 289 g/mol. The van der Waals surface area contributed by atoms with Crippen molar-refractivity contribution in [2.45, 2.75) is 37.8 Å². The van der Waals surface area contributed by atoms with Crippen molar-refractivity contribution in [3.05, 3.63) is 47.5 Å². The molecule has 2 unspecified atom stereocenters. The molecule has 2 rings (SSSR count). The smallest absolute Gasteiger partial charge is 0.307 e. The number of aryl methyl sites for hydroxylation is 2. The molecule has 0 amide bonds. The summed E-state index contributed by atoms with van der Waals surface area (Å²) < 4.78 is 4.70. The first kappa shape index (κ1) is 15.7. The molecule has 0 radical (unpaired) electrons. The van der Waals surface area contributed by atoms with Gasteiger partial charge in [-0.2, -0.15) is 0 Å². The van der Waals surface area contributed by atoms with Crippen LogP contribution in [0.2, 0.25) is 0 Å². The van der Waals surface area contributed by atoms with Gasteiger partial charge in [0.05, 0.1) is 19.6 Å². The Hall–Kier alpha value is -1.65. The summed E-state index contributed by atoms with van der Waals surface area (Å²) in [5, 5.41) is 13.7. The summed E-state index contributed by atoms with van der Waals surface area (Å²) in [5.41, 5.74) is 3.53. The van der Waals surface area contributed by atoms with E-state index in [1.165, 1.54) is 24.7 Å². The Kier molecular flexibility index (Phi) is 5.53. The molecule has 0 fully saturated rings. The number of nitrogens with one attached hydrogen (secondary N) is 1. The van der Waals surface area contributed by atoms with Gasteiger partial charge in [0, 0.05) is 12.6 Å². The second-order valence-electron chi connectivity index (χ2n) is 5.41. The molecular weight excluding hydrogens is 266 g/mol. The van der Waals surface area contributed by atoms with E-state index in [0.717, 1.165) is 18.4 Å². The fourth-order valence-electron chi connectivity index (χ4n) is 2.80. The molecule has 0 heterocycles. The largest absolute Gasteiger partial charge is 0.469 e. The van der Waals surface area contributed by atoms with Crippen LogP contribution in [0.5, 0.6) is 0 Å². The summed E-state index contributed by atoms with van der Waals surface area (Å²) in [6, 6.07) is 5.72. The first-order chi connectivity index (χ1) is 10.2. The van der Waals surface area contributed by atoms with Crippen LogP contribution in [0.4, 0.5) is 0 Å². The highest BCUT2D eigenvalue weighted by molar-refractivity contribution is 5.70. The van der Waals surface area contributed by atoms with Gasteiger partial charge in [-0.3, -0.25) is 4.79 Å². The second kappa shape index (κ2) is 7.38. The zero-order chi connectivity index (χ0) is 15.2. The molecule has 1 aliphatic carbocycles. The Morgan fingerprint density at radius 1 is 1.48 bits per heavy atom. The van der Waals surface area contributed by atoms with Crippen LogP contribution in [0.1, 0.15) is 35.6 Å². The van der Waals surface area contributed by atoms with Crippen molar-refractivity contribution in [1.82, 2.24) is 5.32 Å². The lowest BCUT2D eigenvalue weighted by atomic mass is 9.96. The van der Waals surface area contributed by atoms with Gasteiger partial charge < -0.3 is 15.2 Å². The minimum Gasteiger partial charge on any atom is -0.469 e. The van der Waals surface area contributed by atoms with Crippen LogP contribution in [0, 0.1) is 0 Å². The lowest BCUT2D eigenvalue weighted by Crippen LogP contribution is -2.37. The molecule has 1 aromatic rings.